The maximum atomic E-state index is 12.4. The smallest absolute Gasteiger partial charge is 0.287 e. The van der Waals surface area contributed by atoms with E-state index < -0.39 is 22.0 Å². The summed E-state index contributed by atoms with van der Waals surface area (Å²) in [5.41, 5.74) is 3.67. The van der Waals surface area contributed by atoms with Gasteiger partial charge in [0.25, 0.3) is 11.6 Å². The van der Waals surface area contributed by atoms with Gasteiger partial charge in [-0.05, 0) is 25.8 Å². The molecule has 0 bridgehead atoms. The summed E-state index contributed by atoms with van der Waals surface area (Å²) in [4.78, 5) is 47.6. The van der Waals surface area contributed by atoms with E-state index in [1.165, 1.54) is 24.3 Å². The van der Waals surface area contributed by atoms with Gasteiger partial charge in [0.05, 0.1) is 4.92 Å². The minimum Gasteiger partial charge on any atom is -0.287 e. The Hall–Kier alpha value is -3.56. The predicted octanol–water partition coefficient (Wildman–Crippen LogP) is 1.79. The third-order valence-electron chi connectivity index (χ3n) is 4.90. The van der Waals surface area contributed by atoms with Crippen molar-refractivity contribution >= 4 is 17.5 Å². The van der Waals surface area contributed by atoms with Gasteiger partial charge in [0, 0.05) is 23.7 Å². The number of carbonyl (C=O) groups excluding carboxylic acids is 2. The second-order valence-electron chi connectivity index (χ2n) is 6.93. The average Bonchev–Trinajstić information content (AvgIpc) is 2.72. The Morgan fingerprint density at radius 2 is 1.86 bits per heavy atom. The molecule has 1 aliphatic carbocycles. The Labute approximate surface area is 166 Å². The number of para-hydroxylation sites is 2. The van der Waals surface area contributed by atoms with Crippen LogP contribution in [0.15, 0.2) is 35.1 Å². The fourth-order valence-corrected chi connectivity index (χ4v) is 3.39. The van der Waals surface area contributed by atoms with Gasteiger partial charge in [-0.3, -0.25) is 35.3 Å². The molecule has 29 heavy (non-hydrogen) atoms. The molecule has 152 valence electrons. The Morgan fingerprint density at radius 1 is 1.17 bits per heavy atom. The molecular weight excluding hydrogens is 378 g/mol. The Bertz CT molecular complexity index is 1010. The lowest BCUT2D eigenvalue weighted by Crippen LogP contribution is -2.46. The minimum atomic E-state index is -0.883. The largest absolute Gasteiger partial charge is 0.294 e. The van der Waals surface area contributed by atoms with Gasteiger partial charge in [-0.15, -0.1) is 0 Å². The Morgan fingerprint density at radius 3 is 2.55 bits per heavy atom. The molecule has 1 aromatic carbocycles. The van der Waals surface area contributed by atoms with Crippen molar-refractivity contribution in [3.8, 4) is 5.69 Å². The van der Waals surface area contributed by atoms with E-state index >= 15 is 0 Å². The molecule has 0 spiro atoms. The number of aryl methyl sites for hydroxylation is 1. The lowest BCUT2D eigenvalue weighted by atomic mass is 9.89. The molecule has 0 atom stereocenters. The topological polar surface area (TPSA) is 136 Å². The van der Waals surface area contributed by atoms with Crippen LogP contribution in [0.5, 0.6) is 0 Å². The van der Waals surface area contributed by atoms with Gasteiger partial charge in [0.15, 0.2) is 5.69 Å². The van der Waals surface area contributed by atoms with Crippen molar-refractivity contribution in [1.29, 1.82) is 0 Å². The van der Waals surface area contributed by atoms with Crippen molar-refractivity contribution in [1.82, 2.24) is 20.6 Å². The number of amides is 2. The van der Waals surface area contributed by atoms with Crippen LogP contribution in [0.1, 0.15) is 48.3 Å². The Kier molecular flexibility index (Phi) is 6.01. The molecule has 2 amide bonds. The molecule has 0 saturated heterocycles. The van der Waals surface area contributed by atoms with Crippen LogP contribution in [0.4, 0.5) is 5.69 Å². The van der Waals surface area contributed by atoms with E-state index in [1.807, 2.05) is 0 Å². The highest BCUT2D eigenvalue weighted by Crippen LogP contribution is 2.23. The van der Waals surface area contributed by atoms with Crippen molar-refractivity contribution in [2.45, 2.75) is 39.0 Å². The molecule has 3 rings (SSSR count). The van der Waals surface area contributed by atoms with Crippen LogP contribution in [0.2, 0.25) is 0 Å². The van der Waals surface area contributed by atoms with E-state index in [4.69, 9.17) is 0 Å². The summed E-state index contributed by atoms with van der Waals surface area (Å²) < 4.78 is 1.16. The van der Waals surface area contributed by atoms with Crippen LogP contribution < -0.4 is 16.3 Å². The van der Waals surface area contributed by atoms with Gasteiger partial charge in [0.2, 0.25) is 11.3 Å². The summed E-state index contributed by atoms with van der Waals surface area (Å²) in [5, 5.41) is 15.3. The van der Waals surface area contributed by atoms with Crippen molar-refractivity contribution in [2.75, 3.05) is 0 Å². The van der Waals surface area contributed by atoms with Crippen molar-refractivity contribution in [3.63, 3.8) is 0 Å². The number of hydrazine groups is 1. The van der Waals surface area contributed by atoms with Crippen LogP contribution in [0.3, 0.4) is 0 Å². The SMILES string of the molecule is Cc1cc(=O)c(C(=O)NNC(=O)C2CCCCC2)nn1-c1ccccc1[N+](=O)[O-]. The number of benzene rings is 1. The standard InChI is InChI=1S/C19H21N5O5/c1-12-11-16(25)17(19(27)21-20-18(26)13-7-3-2-4-8-13)22-23(12)14-9-5-6-10-15(14)24(28)29/h5-6,9-11,13H,2-4,7-8H2,1H3,(H,20,26)(H,21,27). The van der Waals surface area contributed by atoms with Crippen LogP contribution in [-0.2, 0) is 4.79 Å². The molecule has 0 unspecified atom stereocenters. The molecule has 1 fully saturated rings. The van der Waals surface area contributed by atoms with Crippen molar-refractivity contribution in [3.05, 3.63) is 62.1 Å². The molecule has 2 aromatic rings. The number of aromatic nitrogens is 2. The highest BCUT2D eigenvalue weighted by molar-refractivity contribution is 5.93. The van der Waals surface area contributed by atoms with E-state index in [9.17, 15) is 24.5 Å². The quantitative estimate of drug-likeness (QED) is 0.594. The van der Waals surface area contributed by atoms with Crippen molar-refractivity contribution in [2.24, 2.45) is 5.92 Å². The van der Waals surface area contributed by atoms with E-state index in [0.29, 0.717) is 5.69 Å². The normalized spacial score (nSPS) is 14.2. The van der Waals surface area contributed by atoms with E-state index in [0.717, 1.165) is 36.8 Å². The first-order valence-corrected chi connectivity index (χ1v) is 9.33. The van der Waals surface area contributed by atoms with E-state index in [2.05, 4.69) is 16.0 Å². The summed E-state index contributed by atoms with van der Waals surface area (Å²) in [7, 11) is 0. The molecule has 1 aliphatic rings. The minimum absolute atomic E-state index is 0.121. The third-order valence-corrected chi connectivity index (χ3v) is 4.90. The molecule has 0 radical (unpaired) electrons. The molecular formula is C19H21N5O5. The van der Waals surface area contributed by atoms with Crippen LogP contribution in [0, 0.1) is 23.0 Å². The molecule has 10 nitrogen and oxygen atoms in total. The number of nitrogens with one attached hydrogen (secondary N) is 2. The maximum absolute atomic E-state index is 12.4. The van der Waals surface area contributed by atoms with E-state index in [1.54, 1.807) is 13.0 Å². The number of nitro groups is 1. The molecule has 2 N–H and O–H groups in total. The molecule has 0 aliphatic heterocycles. The van der Waals surface area contributed by atoms with Crippen molar-refractivity contribution < 1.29 is 14.5 Å². The molecule has 1 aromatic heterocycles. The maximum Gasteiger partial charge on any atom is 0.294 e. The van der Waals surface area contributed by atoms with Gasteiger partial charge in [-0.25, -0.2) is 4.68 Å². The average molecular weight is 399 g/mol. The predicted molar refractivity (Wildman–Crippen MR) is 103 cm³/mol. The van der Waals surface area contributed by atoms with Gasteiger partial charge in [-0.2, -0.15) is 5.10 Å². The number of hydrogen-bond donors (Lipinski definition) is 2. The highest BCUT2D eigenvalue weighted by Gasteiger charge is 2.23. The van der Waals surface area contributed by atoms with Gasteiger partial charge >= 0.3 is 0 Å². The zero-order chi connectivity index (χ0) is 21.0. The summed E-state index contributed by atoms with van der Waals surface area (Å²) in [5.74, 6) is -1.35. The first-order valence-electron chi connectivity index (χ1n) is 9.33. The second-order valence-corrected chi connectivity index (χ2v) is 6.93. The Balaban J connectivity index is 1.84. The number of nitro benzene ring substituents is 1. The van der Waals surface area contributed by atoms with Crippen LogP contribution in [0.25, 0.3) is 5.69 Å². The second kappa shape index (κ2) is 8.63. The monoisotopic (exact) mass is 399 g/mol. The summed E-state index contributed by atoms with van der Waals surface area (Å²) >= 11 is 0. The molecule has 1 saturated carbocycles. The van der Waals surface area contributed by atoms with Gasteiger partial charge in [0.1, 0.15) is 5.69 Å². The summed E-state index contributed by atoms with van der Waals surface area (Å²) in [6.45, 7) is 1.55. The number of rotatable bonds is 4. The summed E-state index contributed by atoms with van der Waals surface area (Å²) in [6, 6.07) is 7.04. The highest BCUT2D eigenvalue weighted by atomic mass is 16.6. The number of nitrogens with zero attached hydrogens (tertiary/aromatic N) is 3. The van der Waals surface area contributed by atoms with Crippen LogP contribution >= 0.6 is 0 Å². The number of carbonyl (C=O) groups is 2. The summed E-state index contributed by atoms with van der Waals surface area (Å²) in [6.07, 6.45) is 4.54. The fourth-order valence-electron chi connectivity index (χ4n) is 3.39. The van der Waals surface area contributed by atoms with Gasteiger partial charge < -0.3 is 0 Å². The fraction of sp³-hybridized carbons (Fsp3) is 0.368. The first-order chi connectivity index (χ1) is 13.9. The lowest BCUT2D eigenvalue weighted by molar-refractivity contribution is -0.384. The first kappa shape index (κ1) is 20.2. The van der Waals surface area contributed by atoms with Gasteiger partial charge in [-0.1, -0.05) is 31.4 Å². The zero-order valence-corrected chi connectivity index (χ0v) is 15.9. The number of hydrogen-bond acceptors (Lipinski definition) is 6. The lowest BCUT2D eigenvalue weighted by Gasteiger charge is -2.20. The van der Waals surface area contributed by atoms with E-state index in [-0.39, 0.29) is 23.2 Å². The molecule has 10 heteroatoms. The van der Waals surface area contributed by atoms with Crippen LogP contribution in [-0.4, -0.2) is 26.5 Å². The third kappa shape index (κ3) is 4.48. The zero-order valence-electron chi connectivity index (χ0n) is 15.9. The molecule has 1 heterocycles.